The summed E-state index contributed by atoms with van der Waals surface area (Å²) in [4.78, 5) is 0. The van der Waals surface area contributed by atoms with E-state index in [9.17, 15) is 0 Å². The number of hydrogen-bond donors (Lipinski definition) is 0. The van der Waals surface area contributed by atoms with Gasteiger partial charge in [0, 0.05) is 29.6 Å². The van der Waals surface area contributed by atoms with Crippen LogP contribution in [-0.4, -0.2) is 31.3 Å². The first-order chi connectivity index (χ1) is 9.50. The lowest BCUT2D eigenvalue weighted by molar-refractivity contribution is 0.0786. The van der Waals surface area contributed by atoms with Crippen LogP contribution in [0.1, 0.15) is 25.8 Å². The first-order valence-electron chi connectivity index (χ1n) is 6.73. The van der Waals surface area contributed by atoms with Crippen molar-refractivity contribution in [2.24, 2.45) is 0 Å². The Hall–Kier alpha value is -0.680. The van der Waals surface area contributed by atoms with E-state index in [2.05, 4.69) is 19.9 Å². The van der Waals surface area contributed by atoms with Gasteiger partial charge in [-0.25, -0.2) is 0 Å². The zero-order valence-electron chi connectivity index (χ0n) is 12.3. The van der Waals surface area contributed by atoms with Gasteiger partial charge in [0.05, 0.1) is 18.3 Å². The topological polar surface area (TPSA) is 27.7 Å². The van der Waals surface area contributed by atoms with Gasteiger partial charge in [0.2, 0.25) is 0 Å². The molecule has 110 valence electrons. The van der Waals surface area contributed by atoms with Crippen LogP contribution in [0.15, 0.2) is 12.1 Å². The zero-order valence-corrected chi connectivity index (χ0v) is 14.0. The average Bonchev–Trinajstić information content (AvgIpc) is 2.85. The van der Waals surface area contributed by atoms with Crippen molar-refractivity contribution in [3.05, 3.63) is 17.7 Å². The molecule has 0 atom stereocenters. The quantitative estimate of drug-likeness (QED) is 0.826. The van der Waals surface area contributed by atoms with Crippen molar-refractivity contribution >= 4 is 23.5 Å². The number of thioether (sulfide) groups is 2. The van der Waals surface area contributed by atoms with Gasteiger partial charge in [-0.15, -0.1) is 23.5 Å². The van der Waals surface area contributed by atoms with Gasteiger partial charge in [0.25, 0.3) is 0 Å². The van der Waals surface area contributed by atoms with Gasteiger partial charge in [0.15, 0.2) is 11.5 Å². The van der Waals surface area contributed by atoms with E-state index in [0.717, 1.165) is 23.7 Å². The third kappa shape index (κ3) is 2.25. The molecule has 1 aromatic rings. The smallest absolute Gasteiger partial charge is 0.164 e. The minimum atomic E-state index is -0.156. The Bertz CT molecular complexity index is 522. The number of rotatable bonds is 2. The molecule has 0 radical (unpaired) electrons. The Kier molecular flexibility index (Phi) is 3.53. The highest BCUT2D eigenvalue weighted by Crippen LogP contribution is 2.62. The van der Waals surface area contributed by atoms with E-state index in [1.54, 1.807) is 14.2 Å². The SMILES string of the molecule is COc1cc2c(cc1OC)C1(CC(C)(C)O2)SCCS1. The molecule has 0 aliphatic carbocycles. The largest absolute Gasteiger partial charge is 0.493 e. The van der Waals surface area contributed by atoms with Crippen molar-refractivity contribution in [3.63, 3.8) is 0 Å². The van der Waals surface area contributed by atoms with Crippen molar-refractivity contribution in [1.82, 2.24) is 0 Å². The Labute approximate surface area is 128 Å². The standard InChI is InChI=1S/C15H20O3S2/c1-14(2)9-15(19-5-6-20-15)10-7-12(16-3)13(17-4)8-11(10)18-14/h7-8H,5-6,9H2,1-4H3. The van der Waals surface area contributed by atoms with Crippen LogP contribution in [0.2, 0.25) is 0 Å². The second-order valence-corrected chi connectivity index (χ2v) is 8.74. The normalized spacial score (nSPS) is 22.2. The summed E-state index contributed by atoms with van der Waals surface area (Å²) in [5, 5.41) is 0. The monoisotopic (exact) mass is 312 g/mol. The Morgan fingerprint density at radius 3 is 2.25 bits per heavy atom. The van der Waals surface area contributed by atoms with Gasteiger partial charge in [-0.05, 0) is 19.9 Å². The summed E-state index contributed by atoms with van der Waals surface area (Å²) in [6.07, 6.45) is 1.01. The molecule has 0 N–H and O–H groups in total. The van der Waals surface area contributed by atoms with Crippen molar-refractivity contribution in [1.29, 1.82) is 0 Å². The molecule has 1 spiro atoms. The van der Waals surface area contributed by atoms with Crippen LogP contribution in [0, 0.1) is 0 Å². The second kappa shape index (κ2) is 4.95. The minimum absolute atomic E-state index is 0.0939. The summed E-state index contributed by atoms with van der Waals surface area (Å²) in [6.45, 7) is 4.32. The summed E-state index contributed by atoms with van der Waals surface area (Å²) in [7, 11) is 3.34. The first-order valence-corrected chi connectivity index (χ1v) is 8.70. The van der Waals surface area contributed by atoms with Gasteiger partial charge in [0.1, 0.15) is 11.4 Å². The molecule has 20 heavy (non-hydrogen) atoms. The number of methoxy groups -OCH3 is 2. The van der Waals surface area contributed by atoms with E-state index in [1.165, 1.54) is 17.1 Å². The van der Waals surface area contributed by atoms with E-state index in [1.807, 2.05) is 29.6 Å². The van der Waals surface area contributed by atoms with Crippen LogP contribution >= 0.6 is 23.5 Å². The number of fused-ring (bicyclic) bond motifs is 2. The van der Waals surface area contributed by atoms with Gasteiger partial charge < -0.3 is 14.2 Å². The highest BCUT2D eigenvalue weighted by atomic mass is 32.2. The van der Waals surface area contributed by atoms with E-state index in [-0.39, 0.29) is 9.68 Å². The molecule has 0 bridgehead atoms. The van der Waals surface area contributed by atoms with Crippen molar-refractivity contribution in [2.45, 2.75) is 29.9 Å². The highest BCUT2D eigenvalue weighted by Gasteiger charge is 2.48. The molecule has 0 unspecified atom stereocenters. The summed E-state index contributed by atoms with van der Waals surface area (Å²) in [5.74, 6) is 4.82. The maximum Gasteiger partial charge on any atom is 0.164 e. The zero-order chi connectivity index (χ0) is 14.4. The summed E-state index contributed by atoms with van der Waals surface area (Å²) >= 11 is 4.06. The summed E-state index contributed by atoms with van der Waals surface area (Å²) < 4.78 is 17.1. The van der Waals surface area contributed by atoms with Crippen LogP contribution < -0.4 is 14.2 Å². The van der Waals surface area contributed by atoms with Gasteiger partial charge in [-0.2, -0.15) is 0 Å². The highest BCUT2D eigenvalue weighted by molar-refractivity contribution is 8.20. The van der Waals surface area contributed by atoms with Gasteiger partial charge >= 0.3 is 0 Å². The maximum absolute atomic E-state index is 6.19. The summed E-state index contributed by atoms with van der Waals surface area (Å²) in [5.41, 5.74) is 1.08. The van der Waals surface area contributed by atoms with E-state index in [0.29, 0.717) is 0 Å². The molecule has 5 heteroatoms. The molecule has 2 heterocycles. The van der Waals surface area contributed by atoms with Crippen LogP contribution in [0.5, 0.6) is 17.2 Å². The fraction of sp³-hybridized carbons (Fsp3) is 0.600. The molecule has 3 rings (SSSR count). The molecule has 0 saturated carbocycles. The maximum atomic E-state index is 6.19. The van der Waals surface area contributed by atoms with Crippen LogP contribution in [0.4, 0.5) is 0 Å². The fourth-order valence-electron chi connectivity index (χ4n) is 2.94. The van der Waals surface area contributed by atoms with Gasteiger partial charge in [-0.1, -0.05) is 0 Å². The predicted molar refractivity (Wildman–Crippen MR) is 85.5 cm³/mol. The first kappa shape index (κ1) is 14.3. The molecular weight excluding hydrogens is 292 g/mol. The molecule has 2 aliphatic heterocycles. The third-order valence-electron chi connectivity index (χ3n) is 3.69. The second-order valence-electron chi connectivity index (χ2n) is 5.69. The molecule has 0 amide bonds. The van der Waals surface area contributed by atoms with Crippen LogP contribution in [-0.2, 0) is 4.08 Å². The molecule has 1 aromatic carbocycles. The lowest BCUT2D eigenvalue weighted by Gasteiger charge is -2.43. The van der Waals surface area contributed by atoms with Crippen molar-refractivity contribution in [2.75, 3.05) is 25.7 Å². The van der Waals surface area contributed by atoms with Crippen molar-refractivity contribution in [3.8, 4) is 17.2 Å². The Balaban J connectivity index is 2.16. The van der Waals surface area contributed by atoms with Crippen molar-refractivity contribution < 1.29 is 14.2 Å². The van der Waals surface area contributed by atoms with E-state index in [4.69, 9.17) is 14.2 Å². The lowest BCUT2D eigenvalue weighted by Crippen LogP contribution is -2.40. The lowest BCUT2D eigenvalue weighted by atomic mass is 9.93. The van der Waals surface area contributed by atoms with Crippen LogP contribution in [0.25, 0.3) is 0 Å². The Morgan fingerprint density at radius 1 is 1.05 bits per heavy atom. The number of hydrogen-bond acceptors (Lipinski definition) is 5. The molecule has 0 aromatic heterocycles. The predicted octanol–water partition coefficient (Wildman–Crippen LogP) is 3.90. The van der Waals surface area contributed by atoms with Gasteiger partial charge in [-0.3, -0.25) is 0 Å². The van der Waals surface area contributed by atoms with E-state index >= 15 is 0 Å². The minimum Gasteiger partial charge on any atom is -0.493 e. The van der Waals surface area contributed by atoms with Crippen LogP contribution in [0.3, 0.4) is 0 Å². The molecular formula is C15H20O3S2. The summed E-state index contributed by atoms with van der Waals surface area (Å²) in [6, 6.07) is 4.06. The number of benzene rings is 1. The third-order valence-corrected chi connectivity index (χ3v) is 7.14. The average molecular weight is 312 g/mol. The number of ether oxygens (including phenoxy) is 3. The molecule has 3 nitrogen and oxygen atoms in total. The Morgan fingerprint density at radius 2 is 1.65 bits per heavy atom. The molecule has 1 fully saturated rings. The molecule has 1 saturated heterocycles. The molecule has 2 aliphatic rings. The van der Waals surface area contributed by atoms with E-state index < -0.39 is 0 Å². The fourth-order valence-corrected chi connectivity index (χ4v) is 6.63.